The van der Waals surface area contributed by atoms with Crippen molar-refractivity contribution in [3.8, 4) is 0 Å². The topological polar surface area (TPSA) is 80.9 Å². The van der Waals surface area contributed by atoms with E-state index in [-0.39, 0.29) is 11.9 Å². The van der Waals surface area contributed by atoms with Crippen LogP contribution in [0.3, 0.4) is 0 Å². The van der Waals surface area contributed by atoms with Crippen molar-refractivity contribution in [1.82, 2.24) is 9.97 Å². The molecule has 0 saturated heterocycles. The molecule has 2 aromatic rings. The molecule has 5 nitrogen and oxygen atoms in total. The highest BCUT2D eigenvalue weighted by atomic mass is 32.1. The maximum atomic E-state index is 12.9. The van der Waals surface area contributed by atoms with Crippen LogP contribution in [-0.4, -0.2) is 21.9 Å². The highest BCUT2D eigenvalue weighted by molar-refractivity contribution is 7.09. The lowest BCUT2D eigenvalue weighted by Gasteiger charge is -2.32. The van der Waals surface area contributed by atoms with Gasteiger partial charge in [0.15, 0.2) is 0 Å². The second kappa shape index (κ2) is 8.70. The molecule has 0 aromatic carbocycles. The van der Waals surface area contributed by atoms with E-state index in [0.29, 0.717) is 23.4 Å². The summed E-state index contributed by atoms with van der Waals surface area (Å²) in [6.45, 7) is 2.26. The van der Waals surface area contributed by atoms with Crippen molar-refractivity contribution >= 4 is 22.9 Å². The maximum Gasteiger partial charge on any atom is 0.275 e. The van der Waals surface area contributed by atoms with Gasteiger partial charge >= 0.3 is 0 Å². The number of anilines is 1. The minimum absolute atomic E-state index is 0.138. The molecule has 3 N–H and O–H groups in total. The molecule has 28 heavy (non-hydrogen) atoms. The van der Waals surface area contributed by atoms with E-state index >= 15 is 0 Å². The van der Waals surface area contributed by atoms with Crippen LogP contribution in [0.4, 0.5) is 5.69 Å². The predicted molar refractivity (Wildman–Crippen MR) is 114 cm³/mol. The molecule has 2 aliphatic rings. The lowest BCUT2D eigenvalue weighted by Crippen LogP contribution is -2.31. The highest BCUT2D eigenvalue weighted by Gasteiger charge is 2.28. The summed E-state index contributed by atoms with van der Waals surface area (Å²) >= 11 is 1.62. The Balaban J connectivity index is 1.48. The summed E-state index contributed by atoms with van der Waals surface area (Å²) in [5, 5.41) is 6.08. The SMILES string of the molecule is C[C@@H]1C[C@@H](N)C[C@H](c2ccncc2NC(=O)c2csc(C3CCCCC3)n2)C1. The van der Waals surface area contributed by atoms with Gasteiger partial charge in [-0.05, 0) is 55.6 Å². The molecule has 2 heterocycles. The Morgan fingerprint density at radius 2 is 2.00 bits per heavy atom. The van der Waals surface area contributed by atoms with Gasteiger partial charge in [-0.15, -0.1) is 11.3 Å². The first kappa shape index (κ1) is 19.5. The third-order valence-electron chi connectivity index (χ3n) is 6.23. The average Bonchev–Trinajstić information content (AvgIpc) is 3.19. The van der Waals surface area contributed by atoms with Gasteiger partial charge in [-0.3, -0.25) is 9.78 Å². The molecule has 0 spiro atoms. The molecule has 0 bridgehead atoms. The predicted octanol–water partition coefficient (Wildman–Crippen LogP) is 5.07. The van der Waals surface area contributed by atoms with Crippen LogP contribution in [0.5, 0.6) is 0 Å². The van der Waals surface area contributed by atoms with Gasteiger partial charge in [-0.25, -0.2) is 4.98 Å². The Hall–Kier alpha value is -1.79. The molecule has 6 heteroatoms. The first-order valence-corrected chi connectivity index (χ1v) is 11.4. The smallest absolute Gasteiger partial charge is 0.275 e. The fourth-order valence-corrected chi connectivity index (χ4v) is 5.86. The molecule has 3 atom stereocenters. The average molecular weight is 399 g/mol. The summed E-state index contributed by atoms with van der Waals surface area (Å²) in [6.07, 6.45) is 13.0. The Labute approximate surface area is 171 Å². The summed E-state index contributed by atoms with van der Waals surface area (Å²) < 4.78 is 0. The number of carbonyl (C=O) groups is 1. The van der Waals surface area contributed by atoms with Crippen molar-refractivity contribution < 1.29 is 4.79 Å². The monoisotopic (exact) mass is 398 g/mol. The number of hydrogen-bond acceptors (Lipinski definition) is 5. The number of nitrogens with two attached hydrogens (primary N) is 1. The standard InChI is InChI=1S/C22H30N4OS/c1-14-9-16(11-17(23)10-14)18-7-8-24-12-19(18)25-21(27)20-13-28-22(26-20)15-5-3-2-4-6-15/h7-8,12-17H,2-6,9-11,23H2,1H3,(H,25,27)/t14-,16+,17+/m0/s1. The van der Waals surface area contributed by atoms with Crippen LogP contribution < -0.4 is 11.1 Å². The Morgan fingerprint density at radius 3 is 2.79 bits per heavy atom. The Kier molecular flexibility index (Phi) is 6.07. The van der Waals surface area contributed by atoms with Gasteiger partial charge in [0.05, 0.1) is 16.9 Å². The van der Waals surface area contributed by atoms with Crippen molar-refractivity contribution in [2.24, 2.45) is 11.7 Å². The number of amides is 1. The summed E-state index contributed by atoms with van der Waals surface area (Å²) in [4.78, 5) is 21.8. The van der Waals surface area contributed by atoms with Gasteiger partial charge in [0.1, 0.15) is 5.69 Å². The first-order chi connectivity index (χ1) is 13.6. The highest BCUT2D eigenvalue weighted by Crippen LogP contribution is 2.38. The van der Waals surface area contributed by atoms with Crippen LogP contribution in [0, 0.1) is 5.92 Å². The van der Waals surface area contributed by atoms with Crippen LogP contribution in [-0.2, 0) is 0 Å². The molecule has 0 aliphatic heterocycles. The quantitative estimate of drug-likeness (QED) is 0.753. The molecule has 4 rings (SSSR count). The van der Waals surface area contributed by atoms with Gasteiger partial charge < -0.3 is 11.1 Å². The van der Waals surface area contributed by atoms with E-state index in [1.54, 1.807) is 23.7 Å². The van der Waals surface area contributed by atoms with E-state index < -0.39 is 0 Å². The van der Waals surface area contributed by atoms with E-state index in [4.69, 9.17) is 5.73 Å². The normalized spacial score (nSPS) is 26.1. The minimum Gasteiger partial charge on any atom is -0.328 e. The van der Waals surface area contributed by atoms with E-state index in [2.05, 4.69) is 22.2 Å². The summed E-state index contributed by atoms with van der Waals surface area (Å²) in [5.74, 6) is 1.35. The molecule has 150 valence electrons. The van der Waals surface area contributed by atoms with E-state index in [9.17, 15) is 4.79 Å². The largest absolute Gasteiger partial charge is 0.328 e. The van der Waals surface area contributed by atoms with Crippen molar-refractivity contribution in [3.63, 3.8) is 0 Å². The van der Waals surface area contributed by atoms with Gasteiger partial charge in [0.2, 0.25) is 0 Å². The Bertz CT molecular complexity index is 804. The third kappa shape index (κ3) is 4.44. The fraction of sp³-hybridized carbons (Fsp3) is 0.591. The van der Waals surface area contributed by atoms with Gasteiger partial charge in [0.25, 0.3) is 5.91 Å². The van der Waals surface area contributed by atoms with E-state index in [1.165, 1.54) is 32.1 Å². The number of thiazole rings is 1. The molecule has 0 radical (unpaired) electrons. The van der Waals surface area contributed by atoms with Gasteiger partial charge in [-0.1, -0.05) is 26.2 Å². The lowest BCUT2D eigenvalue weighted by atomic mass is 9.76. The number of aromatic nitrogens is 2. The summed E-state index contributed by atoms with van der Waals surface area (Å²) in [7, 11) is 0. The van der Waals surface area contributed by atoms with Gasteiger partial charge in [-0.2, -0.15) is 0 Å². The second-order valence-corrected chi connectivity index (χ2v) is 9.48. The van der Waals surface area contributed by atoms with Crippen LogP contribution in [0.2, 0.25) is 0 Å². The molecule has 1 amide bonds. The maximum absolute atomic E-state index is 12.9. The zero-order chi connectivity index (χ0) is 19.5. The number of nitrogens with zero attached hydrogens (tertiary/aromatic N) is 2. The molecule has 2 saturated carbocycles. The molecular formula is C22H30N4OS. The second-order valence-electron chi connectivity index (χ2n) is 8.59. The minimum atomic E-state index is -0.138. The van der Waals surface area contributed by atoms with E-state index in [0.717, 1.165) is 35.5 Å². The van der Waals surface area contributed by atoms with E-state index in [1.807, 2.05) is 11.4 Å². The zero-order valence-corrected chi connectivity index (χ0v) is 17.4. The molecule has 2 aromatic heterocycles. The van der Waals surface area contributed by atoms with Crippen molar-refractivity contribution in [2.45, 2.75) is 76.2 Å². The van der Waals surface area contributed by atoms with Crippen LogP contribution in [0.15, 0.2) is 23.8 Å². The Morgan fingerprint density at radius 1 is 1.18 bits per heavy atom. The number of rotatable bonds is 4. The number of pyridine rings is 1. The summed E-state index contributed by atoms with van der Waals surface area (Å²) in [6, 6.07) is 2.25. The van der Waals surface area contributed by atoms with Crippen molar-refractivity contribution in [3.05, 3.63) is 40.1 Å². The van der Waals surface area contributed by atoms with Crippen molar-refractivity contribution in [1.29, 1.82) is 0 Å². The van der Waals surface area contributed by atoms with Crippen LogP contribution in [0.25, 0.3) is 0 Å². The number of carbonyl (C=O) groups excluding carboxylic acids is 1. The molecule has 0 unspecified atom stereocenters. The van der Waals surface area contributed by atoms with Crippen molar-refractivity contribution in [2.75, 3.05) is 5.32 Å². The van der Waals surface area contributed by atoms with Crippen LogP contribution in [0.1, 0.15) is 91.2 Å². The molecular weight excluding hydrogens is 368 g/mol. The molecule has 2 aliphatic carbocycles. The summed E-state index contributed by atoms with van der Waals surface area (Å²) in [5.41, 5.74) is 8.72. The van der Waals surface area contributed by atoms with Gasteiger partial charge in [0, 0.05) is 23.5 Å². The fourth-order valence-electron chi connectivity index (χ4n) is 4.89. The third-order valence-corrected chi connectivity index (χ3v) is 7.24. The number of nitrogens with one attached hydrogen (secondary N) is 1. The lowest BCUT2D eigenvalue weighted by molar-refractivity contribution is 0.102. The zero-order valence-electron chi connectivity index (χ0n) is 16.6. The first-order valence-electron chi connectivity index (χ1n) is 10.6. The number of hydrogen-bond donors (Lipinski definition) is 2. The molecule has 2 fully saturated rings. The van der Waals surface area contributed by atoms with Crippen LogP contribution >= 0.6 is 11.3 Å².